The minimum atomic E-state index is 0.381. The summed E-state index contributed by atoms with van der Waals surface area (Å²) in [5, 5.41) is 9.90. The predicted octanol–water partition coefficient (Wildman–Crippen LogP) is 2.46. The van der Waals surface area contributed by atoms with Crippen molar-refractivity contribution in [1.29, 1.82) is 5.26 Å². The van der Waals surface area contributed by atoms with E-state index in [2.05, 4.69) is 9.97 Å². The van der Waals surface area contributed by atoms with Crippen LogP contribution >= 0.6 is 11.6 Å². The van der Waals surface area contributed by atoms with E-state index < -0.39 is 0 Å². The zero-order chi connectivity index (χ0) is 10.1. The van der Waals surface area contributed by atoms with E-state index in [4.69, 9.17) is 16.9 Å². The molecule has 4 heteroatoms. The number of nitrogens with zero attached hydrogens (tertiary/aromatic N) is 3. The molecule has 2 rings (SSSR count). The van der Waals surface area contributed by atoms with E-state index in [-0.39, 0.29) is 0 Å². The molecule has 3 nitrogen and oxygen atoms in total. The molecule has 0 aliphatic carbocycles. The van der Waals surface area contributed by atoms with Crippen molar-refractivity contribution in [1.82, 2.24) is 9.97 Å². The minimum absolute atomic E-state index is 0.381. The summed E-state index contributed by atoms with van der Waals surface area (Å²) in [6.07, 6.45) is 4.83. The minimum Gasteiger partial charge on any atom is -0.264 e. The van der Waals surface area contributed by atoms with E-state index >= 15 is 0 Å². The van der Waals surface area contributed by atoms with Gasteiger partial charge in [-0.15, -0.1) is 0 Å². The second kappa shape index (κ2) is 3.24. The smallest absolute Gasteiger partial charge is 0.102 e. The second-order valence-corrected chi connectivity index (χ2v) is 3.33. The van der Waals surface area contributed by atoms with E-state index in [1.165, 1.54) is 6.20 Å². The average molecular weight is 204 g/mol. The van der Waals surface area contributed by atoms with Crippen LogP contribution in [0.2, 0.25) is 5.02 Å². The third-order valence-corrected chi connectivity index (χ3v) is 2.42. The van der Waals surface area contributed by atoms with Crippen LogP contribution in [0.3, 0.4) is 0 Å². The van der Waals surface area contributed by atoms with Crippen LogP contribution in [0.1, 0.15) is 11.1 Å². The van der Waals surface area contributed by atoms with Gasteiger partial charge in [0.2, 0.25) is 0 Å². The molecule has 0 saturated carbocycles. The van der Waals surface area contributed by atoms with Gasteiger partial charge in [0.1, 0.15) is 6.07 Å². The van der Waals surface area contributed by atoms with Crippen molar-refractivity contribution in [3.63, 3.8) is 0 Å². The van der Waals surface area contributed by atoms with Gasteiger partial charge in [-0.1, -0.05) is 11.6 Å². The molecule has 14 heavy (non-hydrogen) atoms. The molecule has 2 aromatic heterocycles. The fourth-order valence-electron chi connectivity index (χ4n) is 1.30. The van der Waals surface area contributed by atoms with E-state index in [1.807, 2.05) is 13.0 Å². The van der Waals surface area contributed by atoms with E-state index in [1.54, 1.807) is 12.4 Å². The first-order valence-corrected chi connectivity index (χ1v) is 4.40. The van der Waals surface area contributed by atoms with Gasteiger partial charge in [-0.2, -0.15) is 5.26 Å². The van der Waals surface area contributed by atoms with Gasteiger partial charge >= 0.3 is 0 Å². The number of hydrogen-bond donors (Lipinski definition) is 0. The molecular formula is C10H6ClN3. The lowest BCUT2D eigenvalue weighted by Crippen LogP contribution is -1.89. The third-order valence-electron chi connectivity index (χ3n) is 2.02. The Kier molecular flexibility index (Phi) is 2.06. The Morgan fingerprint density at radius 2 is 2.14 bits per heavy atom. The first-order chi connectivity index (χ1) is 6.74. The highest BCUT2D eigenvalue weighted by Gasteiger charge is 2.07. The Labute approximate surface area is 86.0 Å². The molecule has 2 aromatic rings. The zero-order valence-electron chi connectivity index (χ0n) is 7.45. The molecule has 0 fully saturated rings. The zero-order valence-corrected chi connectivity index (χ0v) is 8.21. The normalized spacial score (nSPS) is 10.1. The lowest BCUT2D eigenvalue weighted by molar-refractivity contribution is 1.26. The predicted molar refractivity (Wildman–Crippen MR) is 54.0 cm³/mol. The van der Waals surface area contributed by atoms with Crippen LogP contribution in [0.25, 0.3) is 10.9 Å². The summed E-state index contributed by atoms with van der Waals surface area (Å²) in [5.74, 6) is 0. The van der Waals surface area contributed by atoms with Crippen LogP contribution in [-0.4, -0.2) is 9.97 Å². The van der Waals surface area contributed by atoms with Gasteiger partial charge in [-0.25, -0.2) is 0 Å². The van der Waals surface area contributed by atoms with Gasteiger partial charge in [0.15, 0.2) is 0 Å². The first kappa shape index (κ1) is 8.92. The fourth-order valence-corrected chi connectivity index (χ4v) is 1.53. The van der Waals surface area contributed by atoms with Gasteiger partial charge in [-0.3, -0.25) is 9.97 Å². The number of nitriles is 1. The molecule has 0 unspecified atom stereocenters. The van der Waals surface area contributed by atoms with Gasteiger partial charge in [0, 0.05) is 24.0 Å². The summed E-state index contributed by atoms with van der Waals surface area (Å²) in [5.41, 5.74) is 2.13. The Morgan fingerprint density at radius 1 is 1.36 bits per heavy atom. The summed E-state index contributed by atoms with van der Waals surface area (Å²) in [4.78, 5) is 8.18. The number of aryl methyl sites for hydroxylation is 1. The van der Waals surface area contributed by atoms with E-state index in [0.29, 0.717) is 10.6 Å². The van der Waals surface area contributed by atoms with Gasteiger partial charge < -0.3 is 0 Å². The summed E-state index contributed by atoms with van der Waals surface area (Å²) < 4.78 is 0. The maximum Gasteiger partial charge on any atom is 0.102 e. The van der Waals surface area contributed by atoms with Crippen molar-refractivity contribution in [3.05, 3.63) is 34.7 Å². The molecule has 0 spiro atoms. The SMILES string of the molecule is Cc1cncc2c(Cl)c(C#N)cnc12. The number of pyridine rings is 2. The molecule has 0 N–H and O–H groups in total. The maximum absolute atomic E-state index is 8.75. The summed E-state index contributed by atoms with van der Waals surface area (Å²) in [7, 11) is 0. The molecule has 68 valence electrons. The van der Waals surface area contributed by atoms with Crippen molar-refractivity contribution < 1.29 is 0 Å². The van der Waals surface area contributed by atoms with Crippen LogP contribution in [0.4, 0.5) is 0 Å². The van der Waals surface area contributed by atoms with Crippen molar-refractivity contribution in [2.45, 2.75) is 6.92 Å². The number of hydrogen-bond acceptors (Lipinski definition) is 3. The van der Waals surface area contributed by atoms with Crippen LogP contribution in [0, 0.1) is 18.3 Å². The Morgan fingerprint density at radius 3 is 2.86 bits per heavy atom. The molecule has 0 aromatic carbocycles. The molecule has 2 heterocycles. The van der Waals surface area contributed by atoms with Crippen molar-refractivity contribution in [2.75, 3.05) is 0 Å². The average Bonchev–Trinajstić information content (AvgIpc) is 2.20. The molecule has 0 aliphatic heterocycles. The standard InChI is InChI=1S/C10H6ClN3/c1-6-3-13-5-8-9(11)7(2-12)4-14-10(6)8/h3-5H,1H3. The molecule has 0 bridgehead atoms. The highest BCUT2D eigenvalue weighted by atomic mass is 35.5. The molecule has 0 radical (unpaired) electrons. The summed E-state index contributed by atoms with van der Waals surface area (Å²) >= 11 is 6.01. The van der Waals surface area contributed by atoms with Crippen molar-refractivity contribution in [2.24, 2.45) is 0 Å². The lowest BCUT2D eigenvalue weighted by Gasteiger charge is -2.02. The van der Waals surface area contributed by atoms with Crippen molar-refractivity contribution in [3.8, 4) is 6.07 Å². The molecule has 0 aliphatic rings. The number of rotatable bonds is 0. The molecule has 0 atom stereocenters. The van der Waals surface area contributed by atoms with E-state index in [0.717, 1.165) is 16.5 Å². The Bertz CT molecular complexity index is 543. The van der Waals surface area contributed by atoms with Crippen LogP contribution < -0.4 is 0 Å². The van der Waals surface area contributed by atoms with E-state index in [9.17, 15) is 0 Å². The van der Waals surface area contributed by atoms with Gasteiger partial charge in [0.25, 0.3) is 0 Å². The molecule has 0 amide bonds. The summed E-state index contributed by atoms with van der Waals surface area (Å²) in [6.45, 7) is 1.91. The highest BCUT2D eigenvalue weighted by molar-refractivity contribution is 6.36. The third kappa shape index (κ3) is 1.21. The Hall–Kier alpha value is -1.66. The number of aromatic nitrogens is 2. The summed E-state index contributed by atoms with van der Waals surface area (Å²) in [6, 6.07) is 1.98. The van der Waals surface area contributed by atoms with Crippen molar-refractivity contribution >= 4 is 22.5 Å². The Balaban J connectivity index is 2.92. The monoisotopic (exact) mass is 203 g/mol. The second-order valence-electron chi connectivity index (χ2n) is 2.95. The number of halogens is 1. The fraction of sp³-hybridized carbons (Fsp3) is 0.100. The molecule has 0 saturated heterocycles. The largest absolute Gasteiger partial charge is 0.264 e. The first-order valence-electron chi connectivity index (χ1n) is 4.03. The number of fused-ring (bicyclic) bond motifs is 1. The van der Waals surface area contributed by atoms with Gasteiger partial charge in [0.05, 0.1) is 16.1 Å². The lowest BCUT2D eigenvalue weighted by atomic mass is 10.1. The van der Waals surface area contributed by atoms with Crippen LogP contribution in [0.15, 0.2) is 18.6 Å². The maximum atomic E-state index is 8.75. The topological polar surface area (TPSA) is 49.6 Å². The highest BCUT2D eigenvalue weighted by Crippen LogP contribution is 2.25. The quantitative estimate of drug-likeness (QED) is 0.661. The molecular weight excluding hydrogens is 198 g/mol. The van der Waals surface area contributed by atoms with Gasteiger partial charge in [-0.05, 0) is 12.5 Å². The van der Waals surface area contributed by atoms with Crippen LogP contribution in [0.5, 0.6) is 0 Å². The van der Waals surface area contributed by atoms with Crippen LogP contribution in [-0.2, 0) is 0 Å².